The van der Waals surface area contributed by atoms with Gasteiger partial charge in [-0.2, -0.15) is 21.6 Å². The van der Waals surface area contributed by atoms with Crippen LogP contribution in [0, 0.1) is 0 Å². The first-order valence-electron chi connectivity index (χ1n) is 5.48. The maximum absolute atomic E-state index is 12.3. The van der Waals surface area contributed by atoms with Gasteiger partial charge in [-0.05, 0) is 6.92 Å². The molecule has 1 heterocycles. The Bertz CT molecular complexity index is 583. The number of alkyl halides is 3. The van der Waals surface area contributed by atoms with E-state index in [9.17, 15) is 31.2 Å². The van der Waals surface area contributed by atoms with Crippen LogP contribution in [0.25, 0.3) is 0 Å². The molecular weight excluding hydrogens is 321 g/mol. The summed E-state index contributed by atoms with van der Waals surface area (Å²) in [5, 5.41) is 0.541. The maximum atomic E-state index is 12.3. The molecule has 1 amide bonds. The van der Waals surface area contributed by atoms with E-state index in [1.165, 1.54) is 6.92 Å². The minimum atomic E-state index is -6.00. The average molecular weight is 332 g/mol. The van der Waals surface area contributed by atoms with Crippen LogP contribution in [-0.4, -0.2) is 44.0 Å². The third-order valence-electron chi connectivity index (χ3n) is 2.31. The fourth-order valence-corrected chi connectivity index (χ4v) is 1.90. The molecule has 1 aliphatic heterocycles. The second-order valence-corrected chi connectivity index (χ2v) is 5.29. The van der Waals surface area contributed by atoms with E-state index in [0.29, 0.717) is 5.01 Å². The lowest BCUT2D eigenvalue weighted by Crippen LogP contribution is -2.45. The van der Waals surface area contributed by atoms with Crippen LogP contribution in [0.3, 0.4) is 0 Å². The van der Waals surface area contributed by atoms with Crippen molar-refractivity contribution in [1.82, 2.24) is 5.01 Å². The maximum Gasteiger partial charge on any atom is 0.534 e. The minimum Gasteiger partial charge on any atom is -0.462 e. The molecule has 0 aromatic rings. The van der Waals surface area contributed by atoms with Crippen LogP contribution in [-0.2, 0) is 28.6 Å². The van der Waals surface area contributed by atoms with E-state index in [1.807, 2.05) is 0 Å². The largest absolute Gasteiger partial charge is 0.534 e. The molecule has 0 aliphatic carbocycles. The lowest BCUT2D eigenvalue weighted by Gasteiger charge is -2.25. The molecule has 0 bridgehead atoms. The van der Waals surface area contributed by atoms with Crippen molar-refractivity contribution in [3.8, 4) is 0 Å². The monoisotopic (exact) mass is 332 g/mol. The third-order valence-corrected chi connectivity index (χ3v) is 3.29. The number of ether oxygens (including phenoxy) is 1. The highest BCUT2D eigenvalue weighted by Gasteiger charge is 2.50. The Balaban J connectivity index is 3.26. The lowest BCUT2D eigenvalue weighted by molar-refractivity contribution is -0.143. The standard InChI is InChI=1S/C9H11F3N2O6S/c1-2-19-8(16)6-5(3-4-14(13)7(6)15)20-21(17,18)9(10,11)12/h2-4,13H2,1H3. The highest BCUT2D eigenvalue weighted by atomic mass is 32.2. The number of nitrogens with zero attached hydrogens (tertiary/aromatic N) is 1. The Morgan fingerprint density at radius 1 is 1.43 bits per heavy atom. The van der Waals surface area contributed by atoms with E-state index in [1.54, 1.807) is 0 Å². The van der Waals surface area contributed by atoms with Gasteiger partial charge in [0.25, 0.3) is 5.91 Å². The molecule has 0 atom stereocenters. The molecular formula is C9H11F3N2O6S. The highest BCUT2D eigenvalue weighted by Crippen LogP contribution is 2.30. The fraction of sp³-hybridized carbons (Fsp3) is 0.556. The number of amides is 1. The van der Waals surface area contributed by atoms with E-state index in [0.717, 1.165) is 0 Å². The molecule has 1 rings (SSSR count). The van der Waals surface area contributed by atoms with Gasteiger partial charge in [-0.25, -0.2) is 10.6 Å². The summed E-state index contributed by atoms with van der Waals surface area (Å²) < 4.78 is 67.0. The van der Waals surface area contributed by atoms with Gasteiger partial charge in [0.2, 0.25) is 0 Å². The van der Waals surface area contributed by atoms with Crippen molar-refractivity contribution >= 4 is 22.0 Å². The van der Waals surface area contributed by atoms with Gasteiger partial charge in [0.15, 0.2) is 5.57 Å². The summed E-state index contributed by atoms with van der Waals surface area (Å²) in [6, 6.07) is 0. The summed E-state index contributed by atoms with van der Waals surface area (Å²) in [5.41, 5.74) is -6.67. The molecule has 0 unspecified atom stereocenters. The molecule has 0 aromatic carbocycles. The van der Waals surface area contributed by atoms with Crippen molar-refractivity contribution in [3.05, 3.63) is 11.3 Å². The third kappa shape index (κ3) is 3.64. The Morgan fingerprint density at radius 2 is 2.00 bits per heavy atom. The number of rotatable bonds is 4. The van der Waals surface area contributed by atoms with Gasteiger partial charge in [-0.3, -0.25) is 9.80 Å². The van der Waals surface area contributed by atoms with E-state index >= 15 is 0 Å². The van der Waals surface area contributed by atoms with E-state index in [4.69, 9.17) is 5.84 Å². The van der Waals surface area contributed by atoms with Crippen LogP contribution >= 0.6 is 0 Å². The van der Waals surface area contributed by atoms with Crippen LogP contribution < -0.4 is 5.84 Å². The molecule has 0 spiro atoms. The second kappa shape index (κ2) is 5.89. The van der Waals surface area contributed by atoms with Crippen LogP contribution in [0.2, 0.25) is 0 Å². The predicted octanol–water partition coefficient (Wildman–Crippen LogP) is -0.224. The van der Waals surface area contributed by atoms with Crippen molar-refractivity contribution in [2.45, 2.75) is 18.9 Å². The molecule has 12 heteroatoms. The topological polar surface area (TPSA) is 116 Å². The van der Waals surface area contributed by atoms with E-state index < -0.39 is 45.3 Å². The molecule has 8 nitrogen and oxygen atoms in total. The molecule has 2 N–H and O–H groups in total. The van der Waals surface area contributed by atoms with E-state index in [-0.39, 0.29) is 13.2 Å². The number of halogens is 3. The number of hydrazine groups is 1. The second-order valence-electron chi connectivity index (χ2n) is 3.75. The molecule has 0 saturated carbocycles. The SMILES string of the molecule is CCOC(=O)C1=C(OS(=O)(=O)C(F)(F)F)CCN(N)C1=O. The van der Waals surface area contributed by atoms with Gasteiger partial charge >= 0.3 is 21.6 Å². The molecule has 0 saturated heterocycles. The van der Waals surface area contributed by atoms with Gasteiger partial charge in [0, 0.05) is 13.0 Å². The van der Waals surface area contributed by atoms with Crippen molar-refractivity contribution in [2.24, 2.45) is 5.84 Å². The van der Waals surface area contributed by atoms with Crippen LogP contribution in [0.15, 0.2) is 11.3 Å². The molecule has 1 aliphatic rings. The Kier molecular flexibility index (Phi) is 4.83. The Hall–Kier alpha value is -1.82. The summed E-state index contributed by atoms with van der Waals surface area (Å²) in [4.78, 5) is 23.2. The highest BCUT2D eigenvalue weighted by molar-refractivity contribution is 7.87. The summed E-state index contributed by atoms with van der Waals surface area (Å²) in [7, 11) is -6.00. The first-order valence-corrected chi connectivity index (χ1v) is 6.89. The van der Waals surface area contributed by atoms with Gasteiger partial charge in [0.05, 0.1) is 6.61 Å². The van der Waals surface area contributed by atoms with Crippen LogP contribution in [0.4, 0.5) is 13.2 Å². The first kappa shape index (κ1) is 17.2. The Labute approximate surface area is 117 Å². The number of hydrogen-bond acceptors (Lipinski definition) is 7. The summed E-state index contributed by atoms with van der Waals surface area (Å²) in [6.45, 7) is 0.892. The molecule has 21 heavy (non-hydrogen) atoms. The fourth-order valence-electron chi connectivity index (χ4n) is 1.38. The number of carbonyl (C=O) groups is 2. The quantitative estimate of drug-likeness (QED) is 0.189. The lowest BCUT2D eigenvalue weighted by atomic mass is 10.1. The molecule has 0 radical (unpaired) electrons. The molecule has 120 valence electrons. The molecule has 0 aromatic heterocycles. The van der Waals surface area contributed by atoms with Gasteiger partial charge in [-0.1, -0.05) is 0 Å². The summed E-state index contributed by atoms with van der Waals surface area (Å²) in [6.07, 6.45) is -0.480. The number of hydrogen-bond donors (Lipinski definition) is 1. The Morgan fingerprint density at radius 3 is 2.48 bits per heavy atom. The van der Waals surface area contributed by atoms with E-state index in [2.05, 4.69) is 8.92 Å². The van der Waals surface area contributed by atoms with Gasteiger partial charge < -0.3 is 8.92 Å². The van der Waals surface area contributed by atoms with Crippen molar-refractivity contribution in [2.75, 3.05) is 13.2 Å². The zero-order chi connectivity index (χ0) is 16.4. The zero-order valence-electron chi connectivity index (χ0n) is 10.6. The zero-order valence-corrected chi connectivity index (χ0v) is 11.5. The smallest absolute Gasteiger partial charge is 0.462 e. The first-order chi connectivity index (χ1) is 9.51. The predicted molar refractivity (Wildman–Crippen MR) is 60.2 cm³/mol. The number of esters is 1. The van der Waals surface area contributed by atoms with Crippen molar-refractivity contribution < 1.29 is 40.1 Å². The summed E-state index contributed by atoms with van der Waals surface area (Å²) >= 11 is 0. The number of nitrogens with two attached hydrogens (primary N) is 1. The van der Waals surface area contributed by atoms with Gasteiger partial charge in [0.1, 0.15) is 5.76 Å². The summed E-state index contributed by atoms with van der Waals surface area (Å²) in [5.74, 6) is 1.78. The molecule has 0 fully saturated rings. The van der Waals surface area contributed by atoms with Gasteiger partial charge in [-0.15, -0.1) is 0 Å². The van der Waals surface area contributed by atoms with Crippen LogP contribution in [0.5, 0.6) is 0 Å². The van der Waals surface area contributed by atoms with Crippen molar-refractivity contribution in [3.63, 3.8) is 0 Å². The number of carbonyl (C=O) groups excluding carboxylic acids is 2. The average Bonchev–Trinajstić information content (AvgIpc) is 2.32. The minimum absolute atomic E-state index is 0.181. The van der Waals surface area contributed by atoms with Crippen molar-refractivity contribution in [1.29, 1.82) is 0 Å². The van der Waals surface area contributed by atoms with Crippen LogP contribution in [0.1, 0.15) is 13.3 Å². The normalized spacial score (nSPS) is 17.0.